The van der Waals surface area contributed by atoms with Gasteiger partial charge in [0.2, 0.25) is 0 Å². The number of hydrogen-bond acceptors (Lipinski definition) is 3. The Balaban J connectivity index is 1.78. The number of fused-ring (bicyclic) bond motifs is 1. The highest BCUT2D eigenvalue weighted by Gasteiger charge is 2.31. The van der Waals surface area contributed by atoms with Gasteiger partial charge in [-0.2, -0.15) is 0 Å². The molecule has 4 heteroatoms. The fourth-order valence-corrected chi connectivity index (χ4v) is 2.71. The van der Waals surface area contributed by atoms with Crippen LogP contribution < -0.4 is 10.1 Å². The van der Waals surface area contributed by atoms with Crippen LogP contribution in [0.15, 0.2) is 48.5 Å². The van der Waals surface area contributed by atoms with Crippen LogP contribution in [0.4, 0.5) is 0 Å². The summed E-state index contributed by atoms with van der Waals surface area (Å²) in [7, 11) is 1.58. The van der Waals surface area contributed by atoms with Crippen molar-refractivity contribution in [3.63, 3.8) is 0 Å². The molecule has 0 saturated heterocycles. The number of benzene rings is 2. The predicted octanol–water partition coefficient (Wildman–Crippen LogP) is 2.08. The molecule has 0 fully saturated rings. The van der Waals surface area contributed by atoms with E-state index >= 15 is 0 Å². The fraction of sp³-hybridized carbons (Fsp3) is 0.235. The van der Waals surface area contributed by atoms with Crippen LogP contribution in [0.5, 0.6) is 5.75 Å². The van der Waals surface area contributed by atoms with Crippen molar-refractivity contribution in [2.45, 2.75) is 18.6 Å². The second kappa shape index (κ2) is 5.58. The van der Waals surface area contributed by atoms with Gasteiger partial charge in [0, 0.05) is 12.0 Å². The first-order chi connectivity index (χ1) is 10.2. The molecule has 4 nitrogen and oxygen atoms in total. The van der Waals surface area contributed by atoms with Gasteiger partial charge in [0.05, 0.1) is 19.3 Å². The molecule has 1 amide bonds. The van der Waals surface area contributed by atoms with Gasteiger partial charge >= 0.3 is 0 Å². The van der Waals surface area contributed by atoms with E-state index in [1.165, 1.54) is 0 Å². The van der Waals surface area contributed by atoms with Gasteiger partial charge in [-0.05, 0) is 35.4 Å². The average Bonchev–Trinajstić information content (AvgIpc) is 2.83. The van der Waals surface area contributed by atoms with E-state index in [0.29, 0.717) is 17.7 Å². The number of amides is 1. The summed E-state index contributed by atoms with van der Waals surface area (Å²) in [5, 5.41) is 13.1. The van der Waals surface area contributed by atoms with Crippen LogP contribution in [0.2, 0.25) is 0 Å². The first-order valence-corrected chi connectivity index (χ1v) is 6.90. The summed E-state index contributed by atoms with van der Waals surface area (Å²) in [6.07, 6.45) is -0.00593. The molecular weight excluding hydrogens is 266 g/mol. The summed E-state index contributed by atoms with van der Waals surface area (Å²) in [6, 6.07) is 14.4. The van der Waals surface area contributed by atoms with Crippen LogP contribution in [0.25, 0.3) is 0 Å². The van der Waals surface area contributed by atoms with Gasteiger partial charge in [-0.3, -0.25) is 4.79 Å². The van der Waals surface area contributed by atoms with Crippen molar-refractivity contribution in [1.82, 2.24) is 5.32 Å². The van der Waals surface area contributed by atoms with Gasteiger partial charge in [-0.15, -0.1) is 0 Å². The van der Waals surface area contributed by atoms with E-state index in [1.54, 1.807) is 31.4 Å². The smallest absolute Gasteiger partial charge is 0.251 e. The molecule has 0 aliphatic heterocycles. The number of carbonyl (C=O) groups is 1. The summed E-state index contributed by atoms with van der Waals surface area (Å²) >= 11 is 0. The van der Waals surface area contributed by atoms with Crippen molar-refractivity contribution in [3.8, 4) is 5.75 Å². The SMILES string of the molecule is COc1ccc(C(=O)N[C@H]2c3ccccc3C[C@H]2O)cc1. The van der Waals surface area contributed by atoms with Crippen LogP contribution in [-0.4, -0.2) is 24.2 Å². The van der Waals surface area contributed by atoms with Gasteiger partial charge in [-0.1, -0.05) is 24.3 Å². The highest BCUT2D eigenvalue weighted by Crippen LogP contribution is 2.31. The largest absolute Gasteiger partial charge is 0.497 e. The molecule has 2 aromatic rings. The van der Waals surface area contributed by atoms with E-state index in [9.17, 15) is 9.90 Å². The minimum atomic E-state index is -0.579. The zero-order chi connectivity index (χ0) is 14.8. The van der Waals surface area contributed by atoms with Crippen molar-refractivity contribution in [2.75, 3.05) is 7.11 Å². The Labute approximate surface area is 123 Å². The van der Waals surface area contributed by atoms with Gasteiger partial charge in [0.15, 0.2) is 0 Å². The molecule has 108 valence electrons. The first kappa shape index (κ1) is 13.6. The molecular formula is C17H17NO3. The average molecular weight is 283 g/mol. The summed E-state index contributed by atoms with van der Waals surface area (Å²) in [5.74, 6) is 0.510. The maximum atomic E-state index is 12.3. The summed E-state index contributed by atoms with van der Waals surface area (Å²) in [5.41, 5.74) is 2.63. The van der Waals surface area contributed by atoms with Crippen molar-refractivity contribution in [1.29, 1.82) is 0 Å². The van der Waals surface area contributed by atoms with Crippen LogP contribution in [-0.2, 0) is 6.42 Å². The van der Waals surface area contributed by atoms with E-state index < -0.39 is 6.10 Å². The minimum Gasteiger partial charge on any atom is -0.497 e. The van der Waals surface area contributed by atoms with Crippen molar-refractivity contribution < 1.29 is 14.6 Å². The normalized spacial score (nSPS) is 19.9. The third-order valence-corrected chi connectivity index (χ3v) is 3.84. The number of nitrogens with one attached hydrogen (secondary N) is 1. The van der Waals surface area contributed by atoms with Crippen molar-refractivity contribution in [2.24, 2.45) is 0 Å². The van der Waals surface area contributed by atoms with Gasteiger partial charge in [-0.25, -0.2) is 0 Å². The Morgan fingerprint density at radius 2 is 1.90 bits per heavy atom. The van der Waals surface area contributed by atoms with Crippen LogP contribution >= 0.6 is 0 Å². The molecule has 2 aromatic carbocycles. The Kier molecular flexibility index (Phi) is 3.62. The minimum absolute atomic E-state index is 0.196. The van der Waals surface area contributed by atoms with Crippen LogP contribution in [0.1, 0.15) is 27.5 Å². The molecule has 0 saturated carbocycles. The monoisotopic (exact) mass is 283 g/mol. The lowest BCUT2D eigenvalue weighted by atomic mass is 10.1. The highest BCUT2D eigenvalue weighted by atomic mass is 16.5. The molecule has 1 aliphatic rings. The van der Waals surface area contributed by atoms with E-state index in [1.807, 2.05) is 24.3 Å². The molecule has 0 heterocycles. The van der Waals surface area contributed by atoms with E-state index in [2.05, 4.69) is 5.32 Å². The van der Waals surface area contributed by atoms with Crippen molar-refractivity contribution in [3.05, 3.63) is 65.2 Å². The Hall–Kier alpha value is -2.33. The number of methoxy groups -OCH3 is 1. The molecule has 3 rings (SSSR count). The first-order valence-electron chi connectivity index (χ1n) is 6.90. The maximum absolute atomic E-state index is 12.3. The summed E-state index contributed by atoms with van der Waals surface area (Å²) in [4.78, 5) is 12.3. The number of hydrogen-bond donors (Lipinski definition) is 2. The lowest BCUT2D eigenvalue weighted by Crippen LogP contribution is -2.33. The van der Waals surface area contributed by atoms with E-state index in [-0.39, 0.29) is 11.9 Å². The number of carbonyl (C=O) groups excluding carboxylic acids is 1. The Morgan fingerprint density at radius 3 is 2.62 bits per heavy atom. The number of ether oxygens (including phenoxy) is 1. The molecule has 2 atom stereocenters. The zero-order valence-electron chi connectivity index (χ0n) is 11.7. The lowest BCUT2D eigenvalue weighted by Gasteiger charge is -2.18. The fourth-order valence-electron chi connectivity index (χ4n) is 2.71. The molecule has 21 heavy (non-hydrogen) atoms. The number of aliphatic hydroxyl groups excluding tert-OH is 1. The highest BCUT2D eigenvalue weighted by molar-refractivity contribution is 5.94. The third-order valence-electron chi connectivity index (χ3n) is 3.84. The van der Waals surface area contributed by atoms with Gasteiger partial charge in [0.25, 0.3) is 5.91 Å². The number of aliphatic hydroxyl groups is 1. The topological polar surface area (TPSA) is 58.6 Å². The quantitative estimate of drug-likeness (QED) is 0.906. The molecule has 0 bridgehead atoms. The molecule has 0 spiro atoms. The van der Waals surface area contributed by atoms with Crippen molar-refractivity contribution >= 4 is 5.91 Å². The Bertz CT molecular complexity index is 651. The third kappa shape index (κ3) is 2.62. The molecule has 0 aromatic heterocycles. The maximum Gasteiger partial charge on any atom is 0.251 e. The zero-order valence-corrected chi connectivity index (χ0v) is 11.7. The van der Waals surface area contributed by atoms with E-state index in [0.717, 1.165) is 11.1 Å². The molecule has 1 aliphatic carbocycles. The predicted molar refractivity (Wildman–Crippen MR) is 79.4 cm³/mol. The molecule has 0 radical (unpaired) electrons. The van der Waals surface area contributed by atoms with Gasteiger partial charge in [0.1, 0.15) is 5.75 Å². The molecule has 0 unspecified atom stereocenters. The lowest BCUT2D eigenvalue weighted by molar-refractivity contribution is 0.0858. The van der Waals surface area contributed by atoms with Gasteiger partial charge < -0.3 is 15.2 Å². The van der Waals surface area contributed by atoms with E-state index in [4.69, 9.17) is 4.74 Å². The summed E-state index contributed by atoms with van der Waals surface area (Å²) < 4.78 is 5.07. The second-order valence-corrected chi connectivity index (χ2v) is 5.15. The second-order valence-electron chi connectivity index (χ2n) is 5.15. The Morgan fingerprint density at radius 1 is 1.19 bits per heavy atom. The molecule has 2 N–H and O–H groups in total. The summed E-state index contributed by atoms with van der Waals surface area (Å²) in [6.45, 7) is 0. The van der Waals surface area contributed by atoms with Crippen LogP contribution in [0, 0.1) is 0 Å². The van der Waals surface area contributed by atoms with Crippen LogP contribution in [0.3, 0.4) is 0 Å². The standard InChI is InChI=1S/C17H17NO3/c1-21-13-8-6-11(7-9-13)17(20)18-16-14-5-3-2-4-12(14)10-15(16)19/h2-9,15-16,19H,10H2,1H3,(H,18,20)/t15-,16+/m1/s1. The number of rotatable bonds is 3.